The fraction of sp³-hybridized carbons (Fsp3) is 0.348. The van der Waals surface area contributed by atoms with Crippen molar-refractivity contribution in [3.05, 3.63) is 65.5 Å². The Morgan fingerprint density at radius 3 is 2.60 bits per heavy atom. The van der Waals surface area contributed by atoms with E-state index in [0.717, 1.165) is 12.1 Å². The number of amides is 1. The van der Waals surface area contributed by atoms with Crippen LogP contribution >= 0.6 is 0 Å². The zero-order valence-corrected chi connectivity index (χ0v) is 17.5. The van der Waals surface area contributed by atoms with Gasteiger partial charge in [-0.3, -0.25) is 14.6 Å². The van der Waals surface area contributed by atoms with Gasteiger partial charge in [0.15, 0.2) is 0 Å². The van der Waals surface area contributed by atoms with E-state index < -0.39 is 17.7 Å². The van der Waals surface area contributed by atoms with Gasteiger partial charge in [0.25, 0.3) is 11.7 Å². The molecule has 0 bridgehead atoms. The van der Waals surface area contributed by atoms with Crippen molar-refractivity contribution in [1.29, 1.82) is 0 Å². The molecular formula is C23H27N3O4. The molecule has 1 atom stereocenters. The van der Waals surface area contributed by atoms with E-state index in [0.29, 0.717) is 30.9 Å². The normalized spacial score (nSPS) is 18.3. The fourth-order valence-corrected chi connectivity index (χ4v) is 3.62. The first-order valence-corrected chi connectivity index (χ1v) is 10.00. The van der Waals surface area contributed by atoms with Crippen molar-refractivity contribution in [2.45, 2.75) is 19.4 Å². The number of Topliss-reactive ketones (excluding diaryl/α,β-unsaturated/α-hetero) is 1. The Kier molecular flexibility index (Phi) is 6.84. The average molecular weight is 409 g/mol. The quantitative estimate of drug-likeness (QED) is 0.410. The smallest absolute Gasteiger partial charge is 0.295 e. The lowest BCUT2D eigenvalue weighted by Crippen LogP contribution is -2.32. The molecule has 1 aromatic heterocycles. The second-order valence-electron chi connectivity index (χ2n) is 7.39. The summed E-state index contributed by atoms with van der Waals surface area (Å²) < 4.78 is 5.51. The Morgan fingerprint density at radius 2 is 1.93 bits per heavy atom. The van der Waals surface area contributed by atoms with Gasteiger partial charge in [0.2, 0.25) is 0 Å². The SMILES string of the molecule is CCOc1cccc(/C(O)=C2\C(=O)C(=O)N(CCCN(C)C)C2c2ccncc2)c1. The van der Waals surface area contributed by atoms with Gasteiger partial charge in [-0.25, -0.2) is 0 Å². The predicted octanol–water partition coefficient (Wildman–Crippen LogP) is 2.85. The van der Waals surface area contributed by atoms with Gasteiger partial charge in [-0.05, 0) is 63.8 Å². The minimum atomic E-state index is -0.680. The summed E-state index contributed by atoms with van der Waals surface area (Å²) in [5.74, 6) is -0.895. The number of ether oxygens (including phenoxy) is 1. The second kappa shape index (κ2) is 9.54. The Labute approximate surface area is 176 Å². The molecular weight excluding hydrogens is 382 g/mol. The molecule has 1 aliphatic rings. The van der Waals surface area contributed by atoms with Gasteiger partial charge in [-0.1, -0.05) is 12.1 Å². The average Bonchev–Trinajstić information content (AvgIpc) is 2.99. The van der Waals surface area contributed by atoms with Gasteiger partial charge >= 0.3 is 0 Å². The molecule has 1 fully saturated rings. The molecule has 1 aromatic carbocycles. The molecule has 7 heteroatoms. The molecule has 30 heavy (non-hydrogen) atoms. The number of ketones is 1. The van der Waals surface area contributed by atoms with Gasteiger partial charge in [0, 0.05) is 24.5 Å². The highest BCUT2D eigenvalue weighted by atomic mass is 16.5. The number of hydrogen-bond acceptors (Lipinski definition) is 6. The van der Waals surface area contributed by atoms with E-state index >= 15 is 0 Å². The van der Waals surface area contributed by atoms with E-state index in [1.807, 2.05) is 25.9 Å². The van der Waals surface area contributed by atoms with E-state index in [2.05, 4.69) is 4.98 Å². The van der Waals surface area contributed by atoms with E-state index in [9.17, 15) is 14.7 Å². The first kappa shape index (κ1) is 21.5. The molecule has 1 unspecified atom stereocenters. The van der Waals surface area contributed by atoms with Crippen LogP contribution in [0.5, 0.6) is 5.75 Å². The Bertz CT molecular complexity index is 940. The maximum Gasteiger partial charge on any atom is 0.295 e. The van der Waals surface area contributed by atoms with Crippen LogP contribution in [0.1, 0.15) is 30.5 Å². The highest BCUT2D eigenvalue weighted by Crippen LogP contribution is 2.39. The molecule has 3 rings (SSSR count). The third kappa shape index (κ3) is 4.52. The largest absolute Gasteiger partial charge is 0.507 e. The number of pyridine rings is 1. The minimum Gasteiger partial charge on any atom is -0.507 e. The van der Waals surface area contributed by atoms with Crippen LogP contribution in [-0.2, 0) is 9.59 Å². The van der Waals surface area contributed by atoms with Crippen molar-refractivity contribution in [2.75, 3.05) is 33.8 Å². The standard InChI is InChI=1S/C23H27N3O4/c1-4-30-18-8-5-7-17(15-18)21(27)19-20(16-9-11-24-12-10-16)26(23(29)22(19)28)14-6-13-25(2)3/h5,7-12,15,20,27H,4,6,13-14H2,1-3H3/b21-19+. The maximum atomic E-state index is 13.0. The summed E-state index contributed by atoms with van der Waals surface area (Å²) in [4.78, 5) is 33.4. The van der Waals surface area contributed by atoms with Crippen molar-refractivity contribution in [1.82, 2.24) is 14.8 Å². The van der Waals surface area contributed by atoms with Crippen LogP contribution in [0.15, 0.2) is 54.4 Å². The number of carbonyl (C=O) groups excluding carboxylic acids is 2. The van der Waals surface area contributed by atoms with Crippen molar-refractivity contribution < 1.29 is 19.4 Å². The fourth-order valence-electron chi connectivity index (χ4n) is 3.62. The molecule has 1 N–H and O–H groups in total. The van der Waals surface area contributed by atoms with Crippen LogP contribution in [0.2, 0.25) is 0 Å². The molecule has 2 heterocycles. The van der Waals surface area contributed by atoms with Gasteiger partial charge in [0.1, 0.15) is 11.5 Å². The molecule has 1 amide bonds. The molecule has 158 valence electrons. The van der Waals surface area contributed by atoms with Crippen LogP contribution in [0.25, 0.3) is 5.76 Å². The topological polar surface area (TPSA) is 83.0 Å². The van der Waals surface area contributed by atoms with Gasteiger partial charge in [-0.2, -0.15) is 0 Å². The number of benzene rings is 1. The maximum absolute atomic E-state index is 13.0. The molecule has 1 saturated heterocycles. The summed E-state index contributed by atoms with van der Waals surface area (Å²) >= 11 is 0. The molecule has 2 aromatic rings. The summed E-state index contributed by atoms with van der Waals surface area (Å²) in [7, 11) is 3.92. The lowest BCUT2D eigenvalue weighted by Gasteiger charge is -2.25. The summed E-state index contributed by atoms with van der Waals surface area (Å²) in [6.45, 7) is 3.54. The van der Waals surface area contributed by atoms with Crippen LogP contribution in [0.4, 0.5) is 0 Å². The summed E-state index contributed by atoms with van der Waals surface area (Å²) in [6.07, 6.45) is 3.94. The van der Waals surface area contributed by atoms with Crippen LogP contribution < -0.4 is 4.74 Å². The summed E-state index contributed by atoms with van der Waals surface area (Å²) in [5, 5.41) is 11.1. The van der Waals surface area contributed by atoms with Crippen LogP contribution in [-0.4, -0.2) is 65.4 Å². The van der Waals surface area contributed by atoms with Gasteiger partial charge < -0.3 is 19.6 Å². The lowest BCUT2D eigenvalue weighted by molar-refractivity contribution is -0.139. The molecule has 0 saturated carbocycles. The van der Waals surface area contributed by atoms with Crippen molar-refractivity contribution >= 4 is 17.4 Å². The zero-order chi connectivity index (χ0) is 21.7. The second-order valence-corrected chi connectivity index (χ2v) is 7.39. The lowest BCUT2D eigenvalue weighted by atomic mass is 9.96. The number of aliphatic hydroxyl groups excluding tert-OH is 1. The monoisotopic (exact) mass is 409 g/mol. The van der Waals surface area contributed by atoms with Crippen molar-refractivity contribution in [3.63, 3.8) is 0 Å². The van der Waals surface area contributed by atoms with E-state index in [1.165, 1.54) is 0 Å². The third-order valence-electron chi connectivity index (χ3n) is 4.98. The van der Waals surface area contributed by atoms with Crippen molar-refractivity contribution in [3.8, 4) is 5.75 Å². The first-order chi connectivity index (χ1) is 14.4. The molecule has 0 radical (unpaired) electrons. The van der Waals surface area contributed by atoms with Crippen LogP contribution in [0.3, 0.4) is 0 Å². The number of rotatable bonds is 8. The van der Waals surface area contributed by atoms with Gasteiger partial charge in [0.05, 0.1) is 18.2 Å². The van der Waals surface area contributed by atoms with Crippen LogP contribution in [0, 0.1) is 0 Å². The highest BCUT2D eigenvalue weighted by molar-refractivity contribution is 6.46. The molecule has 0 spiro atoms. The van der Waals surface area contributed by atoms with Crippen molar-refractivity contribution in [2.24, 2.45) is 0 Å². The number of carbonyl (C=O) groups is 2. The number of likely N-dealkylation sites (tertiary alicyclic amines) is 1. The minimum absolute atomic E-state index is 0.0877. The Morgan fingerprint density at radius 1 is 1.20 bits per heavy atom. The Balaban J connectivity index is 2.06. The Hall–Kier alpha value is -3.19. The van der Waals surface area contributed by atoms with E-state index in [4.69, 9.17) is 4.74 Å². The van der Waals surface area contributed by atoms with E-state index in [1.54, 1.807) is 53.7 Å². The zero-order valence-electron chi connectivity index (χ0n) is 17.5. The molecule has 7 nitrogen and oxygen atoms in total. The summed E-state index contributed by atoms with van der Waals surface area (Å²) in [6, 6.07) is 9.75. The summed E-state index contributed by atoms with van der Waals surface area (Å²) in [5.41, 5.74) is 1.26. The highest BCUT2D eigenvalue weighted by Gasteiger charge is 2.45. The van der Waals surface area contributed by atoms with E-state index in [-0.39, 0.29) is 11.3 Å². The molecule has 0 aliphatic carbocycles. The third-order valence-corrected chi connectivity index (χ3v) is 4.98. The van der Waals surface area contributed by atoms with Gasteiger partial charge in [-0.15, -0.1) is 0 Å². The number of aromatic nitrogens is 1. The number of nitrogens with zero attached hydrogens (tertiary/aromatic N) is 3. The number of hydrogen-bond donors (Lipinski definition) is 1. The first-order valence-electron chi connectivity index (χ1n) is 10.00. The predicted molar refractivity (Wildman–Crippen MR) is 114 cm³/mol. The molecule has 1 aliphatic heterocycles. The number of aliphatic hydroxyl groups is 1.